The monoisotopic (exact) mass is 241 g/mol. The van der Waals surface area contributed by atoms with Crippen LogP contribution in [-0.2, 0) is 24.2 Å². The molecule has 0 aromatic carbocycles. The fourth-order valence-electron chi connectivity index (χ4n) is 2.07. The van der Waals surface area contributed by atoms with Crippen molar-refractivity contribution in [1.82, 2.24) is 4.57 Å². The highest BCUT2D eigenvalue weighted by Gasteiger charge is 2.20. The molecule has 1 N–H and O–H groups in total. The van der Waals surface area contributed by atoms with Gasteiger partial charge < -0.3 is 9.67 Å². The maximum atomic E-state index is 11.6. The number of fused-ring (bicyclic) bond motifs is 1. The molecular formula is C11H12ClNO3. The van der Waals surface area contributed by atoms with Gasteiger partial charge in [0.25, 0.3) is 5.56 Å². The molecule has 1 aromatic rings. The van der Waals surface area contributed by atoms with Crippen molar-refractivity contribution in [2.24, 2.45) is 0 Å². The van der Waals surface area contributed by atoms with Crippen molar-refractivity contribution < 1.29 is 9.90 Å². The zero-order valence-corrected chi connectivity index (χ0v) is 9.41. The molecule has 1 aliphatic rings. The van der Waals surface area contributed by atoms with Gasteiger partial charge >= 0.3 is 5.97 Å². The summed E-state index contributed by atoms with van der Waals surface area (Å²) in [5.74, 6) is -1.09. The fourth-order valence-corrected chi connectivity index (χ4v) is 2.21. The Kier molecular flexibility index (Phi) is 3.01. The highest BCUT2D eigenvalue weighted by atomic mass is 35.5. The first-order valence-electron chi connectivity index (χ1n) is 5.18. The number of alkyl halides is 1. The third-order valence-corrected chi connectivity index (χ3v) is 3.18. The summed E-state index contributed by atoms with van der Waals surface area (Å²) in [4.78, 5) is 22.3. The van der Waals surface area contributed by atoms with Crippen LogP contribution in [0.3, 0.4) is 0 Å². The molecule has 4 nitrogen and oxygen atoms in total. The maximum Gasteiger partial charge on any atom is 0.323 e. The standard InChI is InChI=1S/C11H12ClNO3/c12-8(11(15)16)6-13-9-3-1-2-7(9)4-5-10(13)14/h4-5,8H,1-3,6H2,(H,15,16). The molecule has 0 saturated carbocycles. The predicted molar refractivity (Wildman–Crippen MR) is 60.0 cm³/mol. The molecule has 0 spiro atoms. The van der Waals surface area contributed by atoms with Crippen molar-refractivity contribution in [3.63, 3.8) is 0 Å². The predicted octanol–water partition coefficient (Wildman–Crippen LogP) is 1.03. The molecule has 5 heteroatoms. The van der Waals surface area contributed by atoms with E-state index in [1.165, 1.54) is 10.6 Å². The third kappa shape index (κ3) is 1.97. The van der Waals surface area contributed by atoms with Gasteiger partial charge in [-0.2, -0.15) is 0 Å². The quantitative estimate of drug-likeness (QED) is 0.804. The number of hydrogen-bond acceptors (Lipinski definition) is 2. The van der Waals surface area contributed by atoms with Crippen LogP contribution in [0.2, 0.25) is 0 Å². The molecule has 1 aliphatic carbocycles. The summed E-state index contributed by atoms with van der Waals surface area (Å²) in [5, 5.41) is 7.68. The summed E-state index contributed by atoms with van der Waals surface area (Å²) in [6, 6.07) is 3.31. The van der Waals surface area contributed by atoms with Gasteiger partial charge in [-0.1, -0.05) is 6.07 Å². The van der Waals surface area contributed by atoms with Gasteiger partial charge in [0.05, 0.1) is 6.54 Å². The van der Waals surface area contributed by atoms with Crippen LogP contribution in [0.4, 0.5) is 0 Å². The summed E-state index contributed by atoms with van der Waals surface area (Å²) < 4.78 is 1.49. The van der Waals surface area contributed by atoms with E-state index in [-0.39, 0.29) is 12.1 Å². The topological polar surface area (TPSA) is 59.3 Å². The van der Waals surface area contributed by atoms with Crippen LogP contribution in [0.5, 0.6) is 0 Å². The lowest BCUT2D eigenvalue weighted by molar-refractivity contribution is -0.136. The molecule has 1 unspecified atom stereocenters. The zero-order chi connectivity index (χ0) is 11.7. The highest BCUT2D eigenvalue weighted by molar-refractivity contribution is 6.29. The second-order valence-corrected chi connectivity index (χ2v) is 4.44. The second-order valence-electron chi connectivity index (χ2n) is 3.91. The van der Waals surface area contributed by atoms with Gasteiger partial charge in [-0.3, -0.25) is 9.59 Å². The van der Waals surface area contributed by atoms with Gasteiger partial charge in [0.1, 0.15) is 5.38 Å². The largest absolute Gasteiger partial charge is 0.480 e. The molecule has 16 heavy (non-hydrogen) atoms. The third-order valence-electron chi connectivity index (χ3n) is 2.86. The van der Waals surface area contributed by atoms with Crippen molar-refractivity contribution in [3.8, 4) is 0 Å². The van der Waals surface area contributed by atoms with E-state index >= 15 is 0 Å². The number of carboxylic acid groups (broad SMARTS) is 1. The minimum Gasteiger partial charge on any atom is -0.480 e. The van der Waals surface area contributed by atoms with Crippen LogP contribution in [0.25, 0.3) is 0 Å². The number of aliphatic carboxylic acids is 1. The van der Waals surface area contributed by atoms with Gasteiger partial charge in [0, 0.05) is 11.8 Å². The summed E-state index contributed by atoms with van der Waals surface area (Å²) in [7, 11) is 0. The van der Waals surface area contributed by atoms with Crippen molar-refractivity contribution in [2.45, 2.75) is 31.2 Å². The number of hydrogen-bond donors (Lipinski definition) is 1. The molecule has 1 heterocycles. The molecule has 0 amide bonds. The average molecular weight is 242 g/mol. The lowest BCUT2D eigenvalue weighted by Crippen LogP contribution is -2.30. The summed E-state index contributed by atoms with van der Waals surface area (Å²) in [6.45, 7) is 0.0406. The zero-order valence-electron chi connectivity index (χ0n) is 8.65. The van der Waals surface area contributed by atoms with Crippen LogP contribution in [0, 0.1) is 0 Å². The molecule has 1 atom stereocenters. The van der Waals surface area contributed by atoms with Crippen LogP contribution < -0.4 is 5.56 Å². The second kappa shape index (κ2) is 4.29. The van der Waals surface area contributed by atoms with Gasteiger partial charge in [-0.25, -0.2) is 0 Å². The number of aryl methyl sites for hydroxylation is 1. The molecular weight excluding hydrogens is 230 g/mol. The Hall–Kier alpha value is -1.29. The number of rotatable bonds is 3. The number of aromatic nitrogens is 1. The van der Waals surface area contributed by atoms with Crippen molar-refractivity contribution >= 4 is 17.6 Å². The summed E-state index contributed by atoms with van der Waals surface area (Å²) in [6.07, 6.45) is 2.79. The molecule has 0 radical (unpaired) electrons. The first-order valence-corrected chi connectivity index (χ1v) is 5.61. The van der Waals surface area contributed by atoms with E-state index in [4.69, 9.17) is 16.7 Å². The van der Waals surface area contributed by atoms with E-state index in [1.54, 1.807) is 0 Å². The van der Waals surface area contributed by atoms with E-state index in [0.29, 0.717) is 0 Å². The van der Waals surface area contributed by atoms with Crippen LogP contribution >= 0.6 is 11.6 Å². The number of pyridine rings is 1. The van der Waals surface area contributed by atoms with Crippen molar-refractivity contribution in [3.05, 3.63) is 33.7 Å². The number of nitrogens with zero attached hydrogens (tertiary/aromatic N) is 1. The number of carboxylic acids is 1. The Morgan fingerprint density at radius 3 is 2.94 bits per heavy atom. The summed E-state index contributed by atoms with van der Waals surface area (Å²) in [5.41, 5.74) is 1.90. The van der Waals surface area contributed by atoms with E-state index < -0.39 is 11.3 Å². The Morgan fingerprint density at radius 1 is 1.50 bits per heavy atom. The Labute approximate surface area is 97.5 Å². The number of halogens is 1. The van der Waals surface area contributed by atoms with Crippen LogP contribution in [0.15, 0.2) is 16.9 Å². The smallest absolute Gasteiger partial charge is 0.323 e. The molecule has 86 valence electrons. The fraction of sp³-hybridized carbons (Fsp3) is 0.455. The van der Waals surface area contributed by atoms with Crippen LogP contribution in [-0.4, -0.2) is 21.0 Å². The molecule has 0 fully saturated rings. The molecule has 1 aromatic heterocycles. The molecule has 2 rings (SSSR count). The van der Waals surface area contributed by atoms with Crippen molar-refractivity contribution in [2.75, 3.05) is 0 Å². The van der Waals surface area contributed by atoms with Gasteiger partial charge in [-0.05, 0) is 24.8 Å². The first kappa shape index (κ1) is 11.2. The van der Waals surface area contributed by atoms with Crippen LogP contribution in [0.1, 0.15) is 17.7 Å². The van der Waals surface area contributed by atoms with Gasteiger partial charge in [-0.15, -0.1) is 11.6 Å². The van der Waals surface area contributed by atoms with E-state index in [2.05, 4.69) is 0 Å². The first-order chi connectivity index (χ1) is 7.59. The average Bonchev–Trinajstić information content (AvgIpc) is 2.70. The lowest BCUT2D eigenvalue weighted by Gasteiger charge is -2.12. The maximum absolute atomic E-state index is 11.6. The molecule has 0 saturated heterocycles. The van der Waals surface area contributed by atoms with E-state index in [0.717, 1.165) is 30.5 Å². The Morgan fingerprint density at radius 2 is 2.25 bits per heavy atom. The summed E-state index contributed by atoms with van der Waals surface area (Å²) >= 11 is 5.66. The Bertz CT molecular complexity index is 481. The molecule has 0 bridgehead atoms. The normalized spacial score (nSPS) is 15.8. The molecule has 0 aliphatic heterocycles. The lowest BCUT2D eigenvalue weighted by atomic mass is 10.2. The van der Waals surface area contributed by atoms with Gasteiger partial charge in [0.2, 0.25) is 0 Å². The van der Waals surface area contributed by atoms with Crippen molar-refractivity contribution in [1.29, 1.82) is 0 Å². The minimum absolute atomic E-state index is 0.0406. The van der Waals surface area contributed by atoms with E-state index in [9.17, 15) is 9.59 Å². The minimum atomic E-state index is -1.09. The Balaban J connectivity index is 2.37. The SMILES string of the molecule is O=C(O)C(Cl)Cn1c2c(ccc1=O)CCC2. The highest BCUT2D eigenvalue weighted by Crippen LogP contribution is 2.20. The van der Waals surface area contributed by atoms with Gasteiger partial charge in [0.15, 0.2) is 0 Å². The van der Waals surface area contributed by atoms with E-state index in [1.807, 2.05) is 6.07 Å². The number of carbonyl (C=O) groups is 1.